The minimum absolute atomic E-state index is 0.207. The van der Waals surface area contributed by atoms with Crippen molar-refractivity contribution in [3.8, 4) is 17.5 Å². The number of carbonyl (C=O) groups is 1. The van der Waals surface area contributed by atoms with Crippen molar-refractivity contribution in [2.75, 3.05) is 0 Å². The van der Waals surface area contributed by atoms with Gasteiger partial charge in [0.2, 0.25) is 5.69 Å². The van der Waals surface area contributed by atoms with E-state index in [1.54, 1.807) is 12.1 Å². The summed E-state index contributed by atoms with van der Waals surface area (Å²) in [4.78, 5) is 16.1. The Bertz CT molecular complexity index is 1210. The molecule has 0 saturated heterocycles. The van der Waals surface area contributed by atoms with E-state index in [2.05, 4.69) is 16.4 Å². The van der Waals surface area contributed by atoms with Crippen molar-refractivity contribution in [1.82, 2.24) is 10.3 Å². The number of fused-ring (bicyclic) bond motifs is 1. The Morgan fingerprint density at radius 2 is 1.93 bits per heavy atom. The van der Waals surface area contributed by atoms with Crippen LogP contribution in [-0.2, 0) is 6.54 Å². The van der Waals surface area contributed by atoms with Crippen LogP contribution in [0.3, 0.4) is 0 Å². The number of aromatic nitrogens is 2. The number of aromatic amines is 1. The number of pyridine rings is 1. The molecule has 6 heteroatoms. The van der Waals surface area contributed by atoms with Crippen LogP contribution in [0.4, 0.5) is 0 Å². The number of nitriles is 1. The predicted molar refractivity (Wildman–Crippen MR) is 107 cm³/mol. The van der Waals surface area contributed by atoms with E-state index in [9.17, 15) is 4.79 Å². The highest BCUT2D eigenvalue weighted by molar-refractivity contribution is 6.30. The van der Waals surface area contributed by atoms with E-state index in [4.69, 9.17) is 16.9 Å². The van der Waals surface area contributed by atoms with Crippen LogP contribution in [0.1, 0.15) is 21.6 Å². The Kier molecular flexibility index (Phi) is 4.79. The van der Waals surface area contributed by atoms with Gasteiger partial charge in [-0.2, -0.15) is 9.66 Å². The number of rotatable bonds is 4. The summed E-state index contributed by atoms with van der Waals surface area (Å²) in [7, 11) is 0. The molecule has 0 unspecified atom stereocenters. The summed E-state index contributed by atoms with van der Waals surface area (Å²) in [6.45, 7) is 0.370. The lowest BCUT2D eigenvalue weighted by Crippen LogP contribution is -2.25. The second kappa shape index (κ2) is 7.55. The van der Waals surface area contributed by atoms with E-state index in [1.807, 2.05) is 65.2 Å². The molecule has 0 bridgehead atoms. The molecule has 0 aliphatic rings. The number of imidazole rings is 1. The molecule has 2 aromatic carbocycles. The molecule has 5 nitrogen and oxygen atoms in total. The van der Waals surface area contributed by atoms with E-state index < -0.39 is 0 Å². The Labute approximate surface area is 166 Å². The lowest BCUT2D eigenvalue weighted by atomic mass is 10.1. The van der Waals surface area contributed by atoms with Crippen LogP contribution in [0.5, 0.6) is 0 Å². The van der Waals surface area contributed by atoms with Crippen molar-refractivity contribution in [2.24, 2.45) is 0 Å². The number of hydrogen-bond donors (Lipinski definition) is 2. The van der Waals surface area contributed by atoms with Crippen molar-refractivity contribution >= 4 is 23.0 Å². The molecular formula is C22H16ClN4O+. The summed E-state index contributed by atoms with van der Waals surface area (Å²) in [6.07, 6.45) is 1.90. The van der Waals surface area contributed by atoms with Crippen LogP contribution in [-0.4, -0.2) is 10.9 Å². The molecular weight excluding hydrogens is 372 g/mol. The molecule has 2 heterocycles. The first-order valence-electron chi connectivity index (χ1n) is 8.71. The average Bonchev–Trinajstić information content (AvgIpc) is 3.12. The zero-order valence-corrected chi connectivity index (χ0v) is 15.6. The van der Waals surface area contributed by atoms with Crippen molar-refractivity contribution in [1.29, 1.82) is 5.26 Å². The van der Waals surface area contributed by atoms with Gasteiger partial charge in [-0.3, -0.25) is 4.79 Å². The van der Waals surface area contributed by atoms with Crippen LogP contribution in [0, 0.1) is 11.3 Å². The Morgan fingerprint density at radius 3 is 2.68 bits per heavy atom. The second-order valence-electron chi connectivity index (χ2n) is 6.31. The number of amides is 1. The highest BCUT2D eigenvalue weighted by atomic mass is 35.5. The van der Waals surface area contributed by atoms with Crippen LogP contribution in [0.15, 0.2) is 72.9 Å². The quantitative estimate of drug-likeness (QED) is 0.521. The summed E-state index contributed by atoms with van der Waals surface area (Å²) >= 11 is 6.13. The Morgan fingerprint density at radius 1 is 1.11 bits per heavy atom. The van der Waals surface area contributed by atoms with Gasteiger partial charge in [0.1, 0.15) is 0 Å². The standard InChI is InChI=1S/C22H15ClN4O/c23-18-5-3-4-17(12-18)21-26-20(19-6-1-2-11-27(19)21)22(28)25-14-16-9-7-15(13-24)8-10-16/h1-12H,14H2,(H,25,28)/p+1. The molecule has 136 valence electrons. The van der Waals surface area contributed by atoms with E-state index in [0.717, 1.165) is 22.5 Å². The van der Waals surface area contributed by atoms with Crippen LogP contribution in [0.2, 0.25) is 5.02 Å². The molecule has 0 aliphatic heterocycles. The fraction of sp³-hybridized carbons (Fsp3) is 0.0455. The Balaban J connectivity index is 1.64. The topological polar surface area (TPSA) is 72.8 Å². The first kappa shape index (κ1) is 17.8. The molecule has 4 rings (SSSR count). The molecule has 0 saturated carbocycles. The highest BCUT2D eigenvalue weighted by Gasteiger charge is 2.24. The normalized spacial score (nSPS) is 10.6. The largest absolute Gasteiger partial charge is 0.345 e. The zero-order valence-electron chi connectivity index (χ0n) is 14.8. The van der Waals surface area contributed by atoms with Gasteiger partial charge in [0.25, 0.3) is 11.7 Å². The lowest BCUT2D eigenvalue weighted by Gasteiger charge is -2.02. The highest BCUT2D eigenvalue weighted by Crippen LogP contribution is 2.21. The summed E-state index contributed by atoms with van der Waals surface area (Å²) in [6, 6.07) is 22.4. The minimum atomic E-state index is -0.207. The van der Waals surface area contributed by atoms with Gasteiger partial charge in [-0.25, -0.2) is 4.98 Å². The fourth-order valence-electron chi connectivity index (χ4n) is 3.07. The van der Waals surface area contributed by atoms with Crippen molar-refractivity contribution in [3.63, 3.8) is 0 Å². The minimum Gasteiger partial charge on any atom is -0.345 e. The van der Waals surface area contributed by atoms with Gasteiger partial charge in [-0.1, -0.05) is 35.9 Å². The van der Waals surface area contributed by atoms with Crippen LogP contribution < -0.4 is 9.72 Å². The van der Waals surface area contributed by atoms with Gasteiger partial charge in [-0.15, -0.1) is 0 Å². The average molecular weight is 388 g/mol. The fourth-order valence-corrected chi connectivity index (χ4v) is 3.26. The number of nitrogens with zero attached hydrogens (tertiary/aromatic N) is 2. The maximum absolute atomic E-state index is 12.8. The third kappa shape index (κ3) is 3.46. The van der Waals surface area contributed by atoms with Gasteiger partial charge in [0, 0.05) is 11.6 Å². The number of halogens is 1. The number of hydrogen-bond acceptors (Lipinski definition) is 2. The van der Waals surface area contributed by atoms with E-state index >= 15 is 0 Å². The summed E-state index contributed by atoms with van der Waals surface area (Å²) in [5.74, 6) is 0.572. The number of nitrogens with one attached hydrogen (secondary N) is 2. The lowest BCUT2D eigenvalue weighted by molar-refractivity contribution is -0.498. The van der Waals surface area contributed by atoms with Crippen molar-refractivity contribution in [3.05, 3.63) is 94.8 Å². The maximum Gasteiger partial charge on any atom is 0.295 e. The molecule has 0 fully saturated rings. The number of H-pyrrole nitrogens is 1. The van der Waals surface area contributed by atoms with Crippen molar-refractivity contribution < 1.29 is 9.20 Å². The van der Waals surface area contributed by atoms with Gasteiger partial charge < -0.3 is 5.32 Å². The van der Waals surface area contributed by atoms with Crippen LogP contribution >= 0.6 is 11.6 Å². The molecule has 1 amide bonds. The third-order valence-corrected chi connectivity index (χ3v) is 4.70. The summed E-state index contributed by atoms with van der Waals surface area (Å²) in [5.41, 5.74) is 3.65. The zero-order chi connectivity index (χ0) is 19.5. The molecule has 0 atom stereocenters. The predicted octanol–water partition coefficient (Wildman–Crippen LogP) is 3.88. The third-order valence-electron chi connectivity index (χ3n) is 4.46. The molecule has 0 radical (unpaired) electrons. The molecule has 0 spiro atoms. The van der Waals surface area contributed by atoms with Crippen LogP contribution in [0.25, 0.3) is 16.9 Å². The molecule has 2 N–H and O–H groups in total. The van der Waals surface area contributed by atoms with E-state index in [-0.39, 0.29) is 5.91 Å². The number of benzene rings is 2. The van der Waals surface area contributed by atoms with Crippen molar-refractivity contribution in [2.45, 2.75) is 6.54 Å². The molecule has 2 aromatic heterocycles. The summed E-state index contributed by atoms with van der Waals surface area (Å²) < 4.78 is 1.93. The van der Waals surface area contributed by atoms with E-state index in [0.29, 0.717) is 22.8 Å². The van der Waals surface area contributed by atoms with Gasteiger partial charge in [0.15, 0.2) is 5.52 Å². The maximum atomic E-state index is 12.8. The first-order chi connectivity index (χ1) is 13.7. The molecule has 28 heavy (non-hydrogen) atoms. The van der Waals surface area contributed by atoms with E-state index in [1.165, 1.54) is 0 Å². The second-order valence-corrected chi connectivity index (χ2v) is 6.74. The SMILES string of the molecule is N#Cc1ccc(CNC(=O)c2[nH]c(-c3cccc(Cl)c3)[n+]3ccccc23)cc1. The molecule has 4 aromatic rings. The van der Waals surface area contributed by atoms with Gasteiger partial charge in [0.05, 0.1) is 23.4 Å². The Hall–Kier alpha value is -3.62. The molecule has 0 aliphatic carbocycles. The van der Waals surface area contributed by atoms with Gasteiger partial charge in [-0.05, 0) is 48.0 Å². The first-order valence-corrected chi connectivity index (χ1v) is 9.09. The monoisotopic (exact) mass is 387 g/mol. The smallest absolute Gasteiger partial charge is 0.295 e. The summed E-state index contributed by atoms with van der Waals surface area (Å²) in [5, 5.41) is 12.4. The number of carbonyl (C=O) groups excluding carboxylic acids is 1. The van der Waals surface area contributed by atoms with Gasteiger partial charge >= 0.3 is 0 Å².